The highest BCUT2D eigenvalue weighted by atomic mass is 32.2. The Kier molecular flexibility index (Phi) is 4.62. The van der Waals surface area contributed by atoms with Crippen LogP contribution in [0.25, 0.3) is 0 Å². The van der Waals surface area contributed by atoms with Crippen LogP contribution in [0, 0.1) is 12.8 Å². The summed E-state index contributed by atoms with van der Waals surface area (Å²) in [6.45, 7) is 10.2. The molecule has 0 bridgehead atoms. The SMILES string of the molecule is Cc1ccc(S(=O)(=O)N2CC3=C[C@@H]([Si](C)(C)C)CC=C[C@H]3C2)cc1. The van der Waals surface area contributed by atoms with E-state index in [0.29, 0.717) is 23.5 Å². The van der Waals surface area contributed by atoms with E-state index >= 15 is 0 Å². The van der Waals surface area contributed by atoms with E-state index in [4.69, 9.17) is 0 Å². The number of hydrogen-bond acceptors (Lipinski definition) is 2. The molecule has 1 aliphatic carbocycles. The molecule has 1 saturated heterocycles. The normalized spacial score (nSPS) is 25.2. The standard InChI is InChI=1S/C19H27NO2SSi/c1-15-8-10-18(11-9-15)23(21,22)20-13-16-6-5-7-19(24(2,3)4)12-17(16)14-20/h5-6,8-12,16,19H,7,13-14H2,1-4H3/t16-,19-/m0/s1. The monoisotopic (exact) mass is 361 g/mol. The van der Waals surface area contributed by atoms with Crippen LogP contribution in [0.1, 0.15) is 12.0 Å². The van der Waals surface area contributed by atoms with Crippen molar-refractivity contribution in [3.8, 4) is 0 Å². The van der Waals surface area contributed by atoms with E-state index in [1.807, 2.05) is 19.1 Å². The van der Waals surface area contributed by atoms with Crippen LogP contribution in [0.4, 0.5) is 0 Å². The van der Waals surface area contributed by atoms with Gasteiger partial charge in [0.25, 0.3) is 0 Å². The van der Waals surface area contributed by atoms with Gasteiger partial charge in [-0.25, -0.2) is 8.42 Å². The first-order valence-corrected chi connectivity index (χ1v) is 13.6. The third kappa shape index (κ3) is 3.43. The van der Waals surface area contributed by atoms with E-state index in [1.165, 1.54) is 5.57 Å². The molecule has 5 heteroatoms. The minimum atomic E-state index is -3.41. The third-order valence-electron chi connectivity index (χ3n) is 5.18. The largest absolute Gasteiger partial charge is 0.243 e. The lowest BCUT2D eigenvalue weighted by Crippen LogP contribution is -2.29. The average molecular weight is 362 g/mol. The van der Waals surface area contributed by atoms with Crippen LogP contribution in [0.2, 0.25) is 25.2 Å². The molecule has 1 aromatic carbocycles. The van der Waals surface area contributed by atoms with Gasteiger partial charge in [-0.1, -0.05) is 61.1 Å². The number of allylic oxidation sites excluding steroid dienone is 2. The maximum atomic E-state index is 12.9. The number of aryl methyl sites for hydroxylation is 1. The summed E-state index contributed by atoms with van der Waals surface area (Å²) < 4.78 is 27.5. The zero-order chi connectivity index (χ0) is 17.5. The second-order valence-corrected chi connectivity index (χ2v) is 15.5. The predicted octanol–water partition coefficient (Wildman–Crippen LogP) is 4.21. The Morgan fingerprint density at radius 1 is 1.12 bits per heavy atom. The van der Waals surface area contributed by atoms with Gasteiger partial charge in [-0.2, -0.15) is 4.31 Å². The van der Waals surface area contributed by atoms with Crippen molar-refractivity contribution in [2.75, 3.05) is 13.1 Å². The van der Waals surface area contributed by atoms with Gasteiger partial charge < -0.3 is 0 Å². The van der Waals surface area contributed by atoms with E-state index in [-0.39, 0.29) is 5.92 Å². The third-order valence-corrected chi connectivity index (χ3v) is 9.63. The molecule has 0 saturated carbocycles. The van der Waals surface area contributed by atoms with Gasteiger partial charge in [0.2, 0.25) is 10.0 Å². The van der Waals surface area contributed by atoms with E-state index in [2.05, 4.69) is 37.9 Å². The van der Waals surface area contributed by atoms with E-state index in [1.54, 1.807) is 16.4 Å². The summed E-state index contributed by atoms with van der Waals surface area (Å²) in [5.74, 6) is 0.242. The average Bonchev–Trinajstić information content (AvgIpc) is 2.79. The molecule has 1 heterocycles. The predicted molar refractivity (Wildman–Crippen MR) is 102 cm³/mol. The summed E-state index contributed by atoms with van der Waals surface area (Å²) in [7, 11) is -4.69. The number of nitrogens with zero attached hydrogens (tertiary/aromatic N) is 1. The summed E-state index contributed by atoms with van der Waals surface area (Å²) in [4.78, 5) is 0.399. The number of hydrogen-bond donors (Lipinski definition) is 0. The Bertz CT molecular complexity index is 773. The lowest BCUT2D eigenvalue weighted by molar-refractivity contribution is 0.471. The molecule has 0 spiro atoms. The first-order chi connectivity index (χ1) is 11.2. The first-order valence-electron chi connectivity index (χ1n) is 8.62. The molecular weight excluding hydrogens is 334 g/mol. The van der Waals surface area contributed by atoms with Crippen molar-refractivity contribution >= 4 is 18.1 Å². The van der Waals surface area contributed by atoms with E-state index < -0.39 is 18.1 Å². The number of benzene rings is 1. The molecule has 130 valence electrons. The number of fused-ring (bicyclic) bond motifs is 1. The number of sulfonamides is 1. The van der Waals surface area contributed by atoms with E-state index in [0.717, 1.165) is 12.0 Å². The summed E-state index contributed by atoms with van der Waals surface area (Å²) in [6.07, 6.45) is 7.97. The lowest BCUT2D eigenvalue weighted by Gasteiger charge is -2.25. The van der Waals surface area contributed by atoms with Crippen LogP contribution in [0.3, 0.4) is 0 Å². The van der Waals surface area contributed by atoms with Crippen molar-refractivity contribution in [3.63, 3.8) is 0 Å². The second kappa shape index (κ2) is 6.28. The fraction of sp³-hybridized carbons (Fsp3) is 0.474. The Balaban J connectivity index is 1.88. The smallest absolute Gasteiger partial charge is 0.207 e. The van der Waals surface area contributed by atoms with Crippen molar-refractivity contribution < 1.29 is 8.42 Å². The molecule has 0 N–H and O–H groups in total. The van der Waals surface area contributed by atoms with Gasteiger partial charge in [-0.05, 0) is 31.0 Å². The van der Waals surface area contributed by atoms with E-state index in [9.17, 15) is 8.42 Å². The highest BCUT2D eigenvalue weighted by Crippen LogP contribution is 2.37. The Labute approximate surface area is 147 Å². The molecule has 0 unspecified atom stereocenters. The van der Waals surface area contributed by atoms with Gasteiger partial charge in [0.05, 0.1) is 13.0 Å². The molecule has 2 aliphatic rings. The van der Waals surface area contributed by atoms with Crippen molar-refractivity contribution in [1.29, 1.82) is 0 Å². The van der Waals surface area contributed by atoms with Crippen LogP contribution in [-0.2, 0) is 10.0 Å². The highest BCUT2D eigenvalue weighted by molar-refractivity contribution is 7.89. The summed E-state index contributed by atoms with van der Waals surface area (Å²) in [5, 5.41) is 0. The fourth-order valence-electron chi connectivity index (χ4n) is 3.44. The van der Waals surface area contributed by atoms with Crippen LogP contribution >= 0.6 is 0 Å². The van der Waals surface area contributed by atoms with Crippen LogP contribution in [-0.4, -0.2) is 33.9 Å². The van der Waals surface area contributed by atoms with Gasteiger partial charge in [0, 0.05) is 19.0 Å². The van der Waals surface area contributed by atoms with Crippen molar-refractivity contribution in [2.45, 2.75) is 43.4 Å². The number of rotatable bonds is 3. The zero-order valence-electron chi connectivity index (χ0n) is 15.0. The molecule has 0 amide bonds. The molecule has 1 fully saturated rings. The molecule has 3 rings (SSSR count). The summed E-state index contributed by atoms with van der Waals surface area (Å²) >= 11 is 0. The molecule has 3 nitrogen and oxygen atoms in total. The fourth-order valence-corrected chi connectivity index (χ4v) is 6.46. The van der Waals surface area contributed by atoms with Crippen molar-refractivity contribution in [3.05, 3.63) is 53.6 Å². The molecule has 1 aromatic rings. The molecule has 2 atom stereocenters. The molecular formula is C19H27NO2SSi. The lowest BCUT2D eigenvalue weighted by atomic mass is 10.0. The van der Waals surface area contributed by atoms with Crippen molar-refractivity contribution in [2.24, 2.45) is 5.92 Å². The molecule has 1 aliphatic heterocycles. The van der Waals surface area contributed by atoms with Gasteiger partial charge in [-0.15, -0.1) is 0 Å². The maximum Gasteiger partial charge on any atom is 0.243 e. The summed E-state index contributed by atoms with van der Waals surface area (Å²) in [6, 6.07) is 7.16. The van der Waals surface area contributed by atoms with Crippen molar-refractivity contribution in [1.82, 2.24) is 4.31 Å². The summed E-state index contributed by atoms with van der Waals surface area (Å²) in [5.41, 5.74) is 2.95. The van der Waals surface area contributed by atoms with Gasteiger partial charge in [0.15, 0.2) is 0 Å². The van der Waals surface area contributed by atoms with Crippen LogP contribution < -0.4 is 0 Å². The van der Waals surface area contributed by atoms with Gasteiger partial charge in [-0.3, -0.25) is 0 Å². The molecule has 0 aromatic heterocycles. The highest BCUT2D eigenvalue weighted by Gasteiger charge is 2.37. The van der Waals surface area contributed by atoms with Crippen LogP contribution in [0.5, 0.6) is 0 Å². The quantitative estimate of drug-likeness (QED) is 0.597. The Hall–Kier alpha value is -1.17. The minimum Gasteiger partial charge on any atom is -0.207 e. The van der Waals surface area contributed by atoms with Gasteiger partial charge >= 0.3 is 0 Å². The van der Waals surface area contributed by atoms with Gasteiger partial charge in [0.1, 0.15) is 0 Å². The zero-order valence-corrected chi connectivity index (χ0v) is 16.8. The minimum absolute atomic E-state index is 0.242. The molecule has 24 heavy (non-hydrogen) atoms. The Morgan fingerprint density at radius 2 is 1.79 bits per heavy atom. The maximum absolute atomic E-state index is 12.9. The topological polar surface area (TPSA) is 37.4 Å². The molecule has 0 radical (unpaired) electrons. The second-order valence-electron chi connectivity index (χ2n) is 8.10. The Morgan fingerprint density at radius 3 is 2.42 bits per heavy atom. The van der Waals surface area contributed by atoms with Crippen LogP contribution in [0.15, 0.2) is 53.0 Å². The first kappa shape index (κ1) is 17.6.